The first-order chi connectivity index (χ1) is 10.1. The van der Waals surface area contributed by atoms with Crippen molar-refractivity contribution < 1.29 is 4.74 Å². The molecule has 2 nitrogen and oxygen atoms in total. The van der Waals surface area contributed by atoms with Gasteiger partial charge in [-0.25, -0.2) is 0 Å². The predicted molar refractivity (Wildman–Crippen MR) is 86.7 cm³/mol. The van der Waals surface area contributed by atoms with Gasteiger partial charge in [0, 0.05) is 12.0 Å². The number of benzene rings is 2. The molecule has 0 aromatic heterocycles. The second-order valence-electron chi connectivity index (χ2n) is 6.20. The van der Waals surface area contributed by atoms with Gasteiger partial charge in [0.1, 0.15) is 12.4 Å². The minimum absolute atomic E-state index is 0.244. The van der Waals surface area contributed by atoms with E-state index in [9.17, 15) is 0 Å². The Kier molecular flexibility index (Phi) is 3.73. The van der Waals surface area contributed by atoms with Crippen LogP contribution in [0.25, 0.3) is 0 Å². The summed E-state index contributed by atoms with van der Waals surface area (Å²) in [5.74, 6) is 1.01. The fourth-order valence-electron chi connectivity index (χ4n) is 2.98. The van der Waals surface area contributed by atoms with E-state index in [0.29, 0.717) is 6.61 Å². The van der Waals surface area contributed by atoms with Gasteiger partial charge in [0.2, 0.25) is 0 Å². The fourth-order valence-corrected chi connectivity index (χ4v) is 2.98. The quantitative estimate of drug-likeness (QED) is 0.903. The van der Waals surface area contributed by atoms with Gasteiger partial charge in [-0.3, -0.25) is 0 Å². The van der Waals surface area contributed by atoms with Gasteiger partial charge in [0.15, 0.2) is 0 Å². The highest BCUT2D eigenvalue weighted by Gasteiger charge is 2.43. The molecule has 0 unspecified atom stereocenters. The molecule has 0 radical (unpaired) electrons. The Labute approximate surface area is 126 Å². The van der Waals surface area contributed by atoms with Crippen molar-refractivity contribution in [3.63, 3.8) is 0 Å². The van der Waals surface area contributed by atoms with Gasteiger partial charge in [-0.2, -0.15) is 0 Å². The van der Waals surface area contributed by atoms with Crippen LogP contribution in [0.1, 0.15) is 35.1 Å². The first-order valence-corrected chi connectivity index (χ1v) is 7.63. The summed E-state index contributed by atoms with van der Waals surface area (Å²) in [5.41, 5.74) is 11.2. The van der Waals surface area contributed by atoms with Crippen LogP contribution in [0.2, 0.25) is 0 Å². The highest BCUT2D eigenvalue weighted by Crippen LogP contribution is 2.48. The molecule has 2 aromatic carbocycles. The summed E-state index contributed by atoms with van der Waals surface area (Å²) in [6.07, 6.45) is 2.43. The third kappa shape index (κ3) is 2.81. The van der Waals surface area contributed by atoms with Gasteiger partial charge >= 0.3 is 0 Å². The maximum atomic E-state index is 6.04. The lowest BCUT2D eigenvalue weighted by atomic mass is 9.92. The van der Waals surface area contributed by atoms with Crippen LogP contribution in [0, 0.1) is 13.8 Å². The number of hydrogen-bond donors (Lipinski definition) is 1. The topological polar surface area (TPSA) is 35.2 Å². The summed E-state index contributed by atoms with van der Waals surface area (Å²) < 4.78 is 6.04. The minimum atomic E-state index is 0.244. The molecule has 1 aliphatic rings. The molecule has 3 rings (SSSR count). The minimum Gasteiger partial charge on any atom is -0.488 e. The highest BCUT2D eigenvalue weighted by atomic mass is 16.5. The third-order valence-corrected chi connectivity index (χ3v) is 4.54. The zero-order valence-electron chi connectivity index (χ0n) is 12.9. The van der Waals surface area contributed by atoms with Crippen LogP contribution in [0.4, 0.5) is 0 Å². The summed E-state index contributed by atoms with van der Waals surface area (Å²) in [5, 5.41) is 0. The van der Waals surface area contributed by atoms with Crippen LogP contribution in [0.5, 0.6) is 5.75 Å². The molecule has 0 bridgehead atoms. The van der Waals surface area contributed by atoms with Crippen molar-refractivity contribution in [3.05, 3.63) is 64.7 Å². The van der Waals surface area contributed by atoms with E-state index in [1.165, 1.54) is 35.1 Å². The van der Waals surface area contributed by atoms with Gasteiger partial charge in [0.05, 0.1) is 0 Å². The number of nitrogens with two attached hydrogens (primary N) is 1. The van der Waals surface area contributed by atoms with Crippen LogP contribution in [-0.2, 0) is 12.0 Å². The average Bonchev–Trinajstić information content (AvgIpc) is 3.28. The molecule has 21 heavy (non-hydrogen) atoms. The van der Waals surface area contributed by atoms with E-state index in [1.807, 2.05) is 18.2 Å². The van der Waals surface area contributed by atoms with E-state index in [2.05, 4.69) is 38.1 Å². The van der Waals surface area contributed by atoms with Crippen molar-refractivity contribution in [2.45, 2.75) is 38.7 Å². The zero-order valence-corrected chi connectivity index (χ0v) is 12.9. The van der Waals surface area contributed by atoms with E-state index < -0.39 is 0 Å². The van der Waals surface area contributed by atoms with Crippen molar-refractivity contribution in [3.8, 4) is 5.75 Å². The molecule has 0 heterocycles. The van der Waals surface area contributed by atoms with Gasteiger partial charge in [0.25, 0.3) is 0 Å². The highest BCUT2D eigenvalue weighted by molar-refractivity contribution is 5.47. The molecule has 1 saturated carbocycles. The van der Waals surface area contributed by atoms with Crippen molar-refractivity contribution in [1.82, 2.24) is 0 Å². The van der Waals surface area contributed by atoms with E-state index in [4.69, 9.17) is 10.5 Å². The number of hydrogen-bond acceptors (Lipinski definition) is 2. The van der Waals surface area contributed by atoms with E-state index in [-0.39, 0.29) is 5.41 Å². The van der Waals surface area contributed by atoms with Gasteiger partial charge < -0.3 is 10.5 Å². The molecular weight excluding hydrogens is 258 g/mol. The summed E-state index contributed by atoms with van der Waals surface area (Å²) in [6, 6.07) is 14.8. The van der Waals surface area contributed by atoms with Crippen molar-refractivity contribution in [2.24, 2.45) is 5.73 Å². The standard InChI is InChI=1S/C19H23NO/c1-14-10-17(19(13-20)8-9-19)11-15(2)18(14)21-12-16-6-4-3-5-7-16/h3-7,10-11H,8-9,12-13,20H2,1-2H3. The first-order valence-electron chi connectivity index (χ1n) is 7.63. The van der Waals surface area contributed by atoms with E-state index in [1.54, 1.807) is 0 Å². The maximum absolute atomic E-state index is 6.04. The molecule has 2 aromatic rings. The predicted octanol–water partition coefficient (Wildman–Crippen LogP) is 3.87. The van der Waals surface area contributed by atoms with E-state index in [0.717, 1.165) is 12.3 Å². The van der Waals surface area contributed by atoms with Crippen LogP contribution < -0.4 is 10.5 Å². The molecule has 1 aliphatic carbocycles. The lowest BCUT2D eigenvalue weighted by Gasteiger charge is -2.18. The summed E-state index contributed by atoms with van der Waals surface area (Å²) in [4.78, 5) is 0. The smallest absolute Gasteiger partial charge is 0.125 e. The third-order valence-electron chi connectivity index (χ3n) is 4.54. The second-order valence-corrected chi connectivity index (χ2v) is 6.20. The lowest BCUT2D eigenvalue weighted by Crippen LogP contribution is -2.20. The Balaban J connectivity index is 1.80. The van der Waals surface area contributed by atoms with Gasteiger partial charge in [-0.05, 0) is 48.9 Å². The van der Waals surface area contributed by atoms with Crippen LogP contribution in [0.3, 0.4) is 0 Å². The normalized spacial score (nSPS) is 15.8. The molecular formula is C19H23NO. The average molecular weight is 281 g/mol. The molecule has 2 N–H and O–H groups in total. The Morgan fingerprint density at radius 1 is 1.05 bits per heavy atom. The summed E-state index contributed by atoms with van der Waals surface area (Å²) in [7, 11) is 0. The Hall–Kier alpha value is -1.80. The summed E-state index contributed by atoms with van der Waals surface area (Å²) in [6.45, 7) is 5.62. The molecule has 0 atom stereocenters. The zero-order chi connectivity index (χ0) is 14.9. The molecule has 0 aliphatic heterocycles. The second kappa shape index (κ2) is 5.53. The van der Waals surface area contributed by atoms with Gasteiger partial charge in [-0.1, -0.05) is 42.5 Å². The van der Waals surface area contributed by atoms with Crippen molar-refractivity contribution in [2.75, 3.05) is 6.54 Å². The first kappa shape index (κ1) is 14.2. The molecule has 110 valence electrons. The fraction of sp³-hybridized carbons (Fsp3) is 0.368. The van der Waals surface area contributed by atoms with Crippen LogP contribution >= 0.6 is 0 Å². The Bertz CT molecular complexity index is 606. The number of rotatable bonds is 5. The monoisotopic (exact) mass is 281 g/mol. The lowest BCUT2D eigenvalue weighted by molar-refractivity contribution is 0.302. The Morgan fingerprint density at radius 3 is 2.19 bits per heavy atom. The maximum Gasteiger partial charge on any atom is 0.125 e. The Morgan fingerprint density at radius 2 is 1.67 bits per heavy atom. The van der Waals surface area contributed by atoms with Crippen LogP contribution in [0.15, 0.2) is 42.5 Å². The molecule has 2 heteroatoms. The van der Waals surface area contributed by atoms with Crippen LogP contribution in [-0.4, -0.2) is 6.54 Å². The number of aryl methyl sites for hydroxylation is 2. The van der Waals surface area contributed by atoms with Crippen molar-refractivity contribution in [1.29, 1.82) is 0 Å². The molecule has 0 spiro atoms. The summed E-state index contributed by atoms with van der Waals surface area (Å²) >= 11 is 0. The molecule has 1 fully saturated rings. The van der Waals surface area contributed by atoms with Crippen molar-refractivity contribution >= 4 is 0 Å². The SMILES string of the molecule is Cc1cc(C2(CN)CC2)cc(C)c1OCc1ccccc1. The number of ether oxygens (including phenoxy) is 1. The largest absolute Gasteiger partial charge is 0.488 e. The molecule has 0 saturated heterocycles. The van der Waals surface area contributed by atoms with Gasteiger partial charge in [-0.15, -0.1) is 0 Å². The molecule has 0 amide bonds. The van der Waals surface area contributed by atoms with E-state index >= 15 is 0 Å².